The number of hydrogen-bond acceptors (Lipinski definition) is 4. The van der Waals surface area contributed by atoms with E-state index < -0.39 is 5.56 Å². The zero-order valence-corrected chi connectivity index (χ0v) is 10.4. The van der Waals surface area contributed by atoms with Gasteiger partial charge in [-0.05, 0) is 12.1 Å². The van der Waals surface area contributed by atoms with Gasteiger partial charge in [0.25, 0.3) is 11.4 Å². The van der Waals surface area contributed by atoms with Crippen LogP contribution in [0.4, 0.5) is 0 Å². The fraction of sp³-hybridized carbons (Fsp3) is 0.154. The Labute approximate surface area is 107 Å². The Morgan fingerprint density at radius 1 is 1.26 bits per heavy atom. The first-order valence-corrected chi connectivity index (χ1v) is 5.69. The number of H-pyrrole nitrogens is 1. The van der Waals surface area contributed by atoms with Crippen molar-refractivity contribution >= 4 is 21.8 Å². The Bertz CT molecular complexity index is 909. The lowest BCUT2D eigenvalue weighted by atomic mass is 10.1. The molecule has 0 unspecified atom stereocenters. The van der Waals surface area contributed by atoms with Crippen molar-refractivity contribution in [1.29, 1.82) is 0 Å². The number of para-hydroxylation sites is 1. The number of nitrogens with one attached hydrogen (secondary N) is 1. The first kappa shape index (κ1) is 11.5. The third-order valence-corrected chi connectivity index (χ3v) is 3.06. The molecule has 0 saturated carbocycles. The highest BCUT2D eigenvalue weighted by Crippen LogP contribution is 2.18. The number of ether oxygens (including phenoxy) is 1. The average molecular weight is 257 g/mol. The minimum atomic E-state index is -0.442. The van der Waals surface area contributed by atoms with E-state index in [9.17, 15) is 9.59 Å². The lowest BCUT2D eigenvalue weighted by Gasteiger charge is -2.07. The number of aryl methyl sites for hydroxylation is 1. The van der Waals surface area contributed by atoms with Gasteiger partial charge in [-0.2, -0.15) is 0 Å². The van der Waals surface area contributed by atoms with Crippen LogP contribution in [0.15, 0.2) is 33.9 Å². The average Bonchev–Trinajstić information content (AvgIpc) is 2.43. The third-order valence-electron chi connectivity index (χ3n) is 3.06. The summed E-state index contributed by atoms with van der Waals surface area (Å²) in [6, 6.07) is 7.02. The summed E-state index contributed by atoms with van der Waals surface area (Å²) in [5.41, 5.74) is 0.219. The number of aromatic amines is 1. The van der Waals surface area contributed by atoms with E-state index in [1.807, 2.05) is 6.07 Å². The first-order valence-electron chi connectivity index (χ1n) is 5.69. The van der Waals surface area contributed by atoms with Crippen molar-refractivity contribution in [2.75, 3.05) is 7.11 Å². The second-order valence-corrected chi connectivity index (χ2v) is 4.19. The molecule has 0 fully saturated rings. The Morgan fingerprint density at radius 3 is 2.74 bits per heavy atom. The van der Waals surface area contributed by atoms with Crippen molar-refractivity contribution in [3.63, 3.8) is 0 Å². The minimum Gasteiger partial charge on any atom is -0.478 e. The van der Waals surface area contributed by atoms with Gasteiger partial charge in [-0.25, -0.2) is 4.68 Å². The smallest absolute Gasteiger partial charge is 0.280 e. The molecule has 19 heavy (non-hydrogen) atoms. The van der Waals surface area contributed by atoms with Crippen LogP contribution in [-0.2, 0) is 7.05 Å². The molecule has 3 rings (SSSR count). The lowest BCUT2D eigenvalue weighted by Crippen LogP contribution is -2.25. The number of rotatable bonds is 1. The highest BCUT2D eigenvalue weighted by atomic mass is 16.5. The van der Waals surface area contributed by atoms with Crippen LogP contribution >= 0.6 is 0 Å². The van der Waals surface area contributed by atoms with E-state index in [0.717, 1.165) is 4.68 Å². The molecule has 3 aromatic rings. The van der Waals surface area contributed by atoms with Gasteiger partial charge in [-0.1, -0.05) is 12.1 Å². The molecule has 2 heterocycles. The molecule has 0 aliphatic carbocycles. The second kappa shape index (κ2) is 3.94. The maximum atomic E-state index is 12.4. The molecule has 6 nitrogen and oxygen atoms in total. The van der Waals surface area contributed by atoms with Gasteiger partial charge < -0.3 is 9.72 Å². The van der Waals surface area contributed by atoms with Crippen molar-refractivity contribution in [3.8, 4) is 5.88 Å². The number of methoxy groups -OCH3 is 1. The molecule has 6 heteroatoms. The van der Waals surface area contributed by atoms with E-state index in [0.29, 0.717) is 16.4 Å². The Kier molecular flexibility index (Phi) is 2.38. The van der Waals surface area contributed by atoms with Crippen molar-refractivity contribution in [2.24, 2.45) is 7.05 Å². The van der Waals surface area contributed by atoms with Gasteiger partial charge in [0.2, 0.25) is 5.43 Å². The van der Waals surface area contributed by atoms with Crippen LogP contribution in [0.5, 0.6) is 5.88 Å². The summed E-state index contributed by atoms with van der Waals surface area (Å²) in [5.74, 6) is 0.222. The number of hydrogen-bond donors (Lipinski definition) is 1. The molecule has 0 radical (unpaired) electrons. The summed E-state index contributed by atoms with van der Waals surface area (Å²) in [4.78, 5) is 27.5. The van der Waals surface area contributed by atoms with E-state index in [2.05, 4.69) is 10.1 Å². The zero-order chi connectivity index (χ0) is 13.6. The van der Waals surface area contributed by atoms with Crippen molar-refractivity contribution < 1.29 is 4.74 Å². The Morgan fingerprint density at radius 2 is 2.00 bits per heavy atom. The summed E-state index contributed by atoms with van der Waals surface area (Å²) < 4.78 is 6.23. The van der Waals surface area contributed by atoms with E-state index in [1.165, 1.54) is 14.2 Å². The van der Waals surface area contributed by atoms with Crippen molar-refractivity contribution in [1.82, 2.24) is 14.8 Å². The number of fused-ring (bicyclic) bond motifs is 2. The van der Waals surface area contributed by atoms with Gasteiger partial charge in [0, 0.05) is 18.0 Å². The van der Waals surface area contributed by atoms with Crippen LogP contribution in [0.1, 0.15) is 0 Å². The number of pyridine rings is 1. The van der Waals surface area contributed by atoms with E-state index >= 15 is 0 Å². The van der Waals surface area contributed by atoms with E-state index in [1.54, 1.807) is 18.2 Å². The van der Waals surface area contributed by atoms with Gasteiger partial charge in [-0.3, -0.25) is 9.59 Å². The van der Waals surface area contributed by atoms with E-state index in [-0.39, 0.29) is 16.7 Å². The fourth-order valence-corrected chi connectivity index (χ4v) is 2.14. The fourth-order valence-electron chi connectivity index (χ4n) is 2.14. The maximum Gasteiger partial charge on any atom is 0.280 e. The highest BCUT2D eigenvalue weighted by molar-refractivity contribution is 5.93. The molecule has 1 aromatic carbocycles. The molecule has 0 atom stereocenters. The summed E-state index contributed by atoms with van der Waals surface area (Å²) in [7, 11) is 2.93. The van der Waals surface area contributed by atoms with Gasteiger partial charge in [0.05, 0.1) is 7.11 Å². The van der Waals surface area contributed by atoms with Crippen LogP contribution < -0.4 is 15.7 Å². The molecule has 0 amide bonds. The van der Waals surface area contributed by atoms with Gasteiger partial charge in [-0.15, -0.1) is 5.10 Å². The van der Waals surface area contributed by atoms with Crippen molar-refractivity contribution in [2.45, 2.75) is 0 Å². The molecule has 0 aliphatic heterocycles. The van der Waals surface area contributed by atoms with Gasteiger partial charge in [0.15, 0.2) is 0 Å². The highest BCUT2D eigenvalue weighted by Gasteiger charge is 2.15. The SMILES string of the molecule is COc1nn(C)c(=O)c2c(=O)c3ccccc3[nH]c12. The normalized spacial score (nSPS) is 11.1. The van der Waals surface area contributed by atoms with Crippen LogP contribution in [0.2, 0.25) is 0 Å². The quantitative estimate of drug-likeness (QED) is 0.654. The first-order chi connectivity index (χ1) is 9.13. The molecule has 1 N–H and O–H groups in total. The molecule has 96 valence electrons. The Balaban J connectivity index is 2.69. The second-order valence-electron chi connectivity index (χ2n) is 4.19. The molecule has 2 aromatic heterocycles. The molecular formula is C13H11N3O3. The standard InChI is InChI=1S/C13H11N3O3/c1-16-13(18)9-10(12(15-16)19-2)14-8-6-4-3-5-7(8)11(9)17/h3-6H,1-2H3,(H,14,17). The predicted octanol–water partition coefficient (Wildman–Crippen LogP) is 0.784. The summed E-state index contributed by atoms with van der Waals surface area (Å²) in [5, 5.41) is 4.51. The van der Waals surface area contributed by atoms with Crippen LogP contribution in [0.3, 0.4) is 0 Å². The van der Waals surface area contributed by atoms with Crippen molar-refractivity contribution in [3.05, 3.63) is 44.8 Å². The molecule has 0 bridgehead atoms. The summed E-state index contributed by atoms with van der Waals surface area (Å²) in [6.45, 7) is 0. The van der Waals surface area contributed by atoms with Gasteiger partial charge >= 0.3 is 0 Å². The number of benzene rings is 1. The minimum absolute atomic E-state index is 0.0630. The largest absolute Gasteiger partial charge is 0.478 e. The van der Waals surface area contributed by atoms with Crippen LogP contribution in [0.25, 0.3) is 21.8 Å². The number of aromatic nitrogens is 3. The molecule has 0 saturated heterocycles. The molecule has 0 spiro atoms. The summed E-state index contributed by atoms with van der Waals surface area (Å²) in [6.07, 6.45) is 0. The molecular weight excluding hydrogens is 246 g/mol. The Hall–Kier alpha value is -2.63. The van der Waals surface area contributed by atoms with E-state index in [4.69, 9.17) is 4.74 Å². The zero-order valence-electron chi connectivity index (χ0n) is 10.4. The topological polar surface area (TPSA) is 77.0 Å². The van der Waals surface area contributed by atoms with Gasteiger partial charge in [0.1, 0.15) is 10.9 Å². The third kappa shape index (κ3) is 1.53. The van der Waals surface area contributed by atoms with Crippen LogP contribution in [-0.4, -0.2) is 21.9 Å². The maximum absolute atomic E-state index is 12.4. The predicted molar refractivity (Wildman–Crippen MR) is 71.7 cm³/mol. The number of nitrogens with zero attached hydrogens (tertiary/aromatic N) is 2. The van der Waals surface area contributed by atoms with Crippen LogP contribution in [0, 0.1) is 0 Å². The lowest BCUT2D eigenvalue weighted by molar-refractivity contribution is 0.387. The monoisotopic (exact) mass is 257 g/mol. The molecule has 0 aliphatic rings. The summed E-state index contributed by atoms with van der Waals surface area (Å²) >= 11 is 0.